The minimum Gasteiger partial charge on any atom is -0.494 e. The van der Waals surface area contributed by atoms with Gasteiger partial charge in [0.1, 0.15) is 5.75 Å². The Morgan fingerprint density at radius 3 is 2.78 bits per heavy atom. The molecule has 0 aromatic heterocycles. The Hall–Kier alpha value is -1.78. The van der Waals surface area contributed by atoms with Gasteiger partial charge in [0.25, 0.3) is 0 Å². The summed E-state index contributed by atoms with van der Waals surface area (Å²) in [7, 11) is 1.34. The zero-order valence-electron chi connectivity index (χ0n) is 10.5. The third-order valence-electron chi connectivity index (χ3n) is 2.50. The van der Waals surface area contributed by atoms with Crippen LogP contribution < -0.4 is 9.47 Å². The van der Waals surface area contributed by atoms with Crippen molar-refractivity contribution in [3.8, 4) is 11.5 Å². The first-order valence-electron chi connectivity index (χ1n) is 5.81. The number of carbonyl (C=O) groups is 1. The normalized spacial score (nSPS) is 11.9. The summed E-state index contributed by atoms with van der Waals surface area (Å²) in [4.78, 5) is 11.0. The van der Waals surface area contributed by atoms with Crippen molar-refractivity contribution in [1.29, 1.82) is 0 Å². The van der Waals surface area contributed by atoms with Gasteiger partial charge in [-0.2, -0.15) is 0 Å². The van der Waals surface area contributed by atoms with Crippen LogP contribution in [0.3, 0.4) is 0 Å². The van der Waals surface area contributed by atoms with Crippen LogP contribution in [0.4, 0.5) is 4.39 Å². The Balaban J connectivity index is 2.77. The standard InChI is InChI=1S/C13H17FO4/c1-3-4-5-11(13(15)16)18-9-6-7-10(14)12(8-9)17-2/h6-8,11H,3-5H2,1-2H3,(H,15,16). The van der Waals surface area contributed by atoms with E-state index in [-0.39, 0.29) is 11.5 Å². The highest BCUT2D eigenvalue weighted by molar-refractivity contribution is 5.72. The third kappa shape index (κ3) is 3.91. The number of methoxy groups -OCH3 is 1. The molecule has 0 radical (unpaired) electrons. The molecule has 0 aliphatic rings. The van der Waals surface area contributed by atoms with Gasteiger partial charge in [0, 0.05) is 6.07 Å². The molecule has 1 N–H and O–H groups in total. The molecule has 0 saturated carbocycles. The maximum atomic E-state index is 13.2. The Labute approximate surface area is 105 Å². The van der Waals surface area contributed by atoms with Crippen LogP contribution in [0.15, 0.2) is 18.2 Å². The molecule has 0 aliphatic carbocycles. The van der Waals surface area contributed by atoms with Crippen molar-refractivity contribution in [2.24, 2.45) is 0 Å². The SMILES string of the molecule is CCCCC(Oc1ccc(F)c(OC)c1)C(=O)O. The van der Waals surface area contributed by atoms with Gasteiger partial charge in [0.15, 0.2) is 17.7 Å². The van der Waals surface area contributed by atoms with Crippen LogP contribution in [0.1, 0.15) is 26.2 Å². The second-order valence-corrected chi connectivity index (χ2v) is 3.88. The molecule has 100 valence electrons. The highest BCUT2D eigenvalue weighted by Gasteiger charge is 2.19. The number of carboxylic acids is 1. The molecule has 1 rings (SSSR count). The van der Waals surface area contributed by atoms with Crippen molar-refractivity contribution >= 4 is 5.97 Å². The number of ether oxygens (including phenoxy) is 2. The van der Waals surface area contributed by atoms with E-state index in [0.29, 0.717) is 6.42 Å². The highest BCUT2D eigenvalue weighted by atomic mass is 19.1. The molecule has 5 heteroatoms. The average Bonchev–Trinajstić information content (AvgIpc) is 2.36. The fraction of sp³-hybridized carbons (Fsp3) is 0.462. The van der Waals surface area contributed by atoms with Gasteiger partial charge in [-0.1, -0.05) is 13.3 Å². The summed E-state index contributed by atoms with van der Waals surface area (Å²) in [6, 6.07) is 3.92. The largest absolute Gasteiger partial charge is 0.494 e. The zero-order valence-corrected chi connectivity index (χ0v) is 10.5. The Morgan fingerprint density at radius 1 is 1.50 bits per heavy atom. The summed E-state index contributed by atoms with van der Waals surface area (Å²) < 4.78 is 23.3. The van der Waals surface area contributed by atoms with Gasteiger partial charge in [-0.25, -0.2) is 9.18 Å². The Morgan fingerprint density at radius 2 is 2.22 bits per heavy atom. The number of carboxylic acid groups (broad SMARTS) is 1. The molecule has 1 atom stereocenters. The van der Waals surface area contributed by atoms with E-state index in [9.17, 15) is 9.18 Å². The molecule has 0 spiro atoms. The van der Waals surface area contributed by atoms with Crippen LogP contribution in [0.2, 0.25) is 0 Å². The van der Waals surface area contributed by atoms with Crippen LogP contribution in [0.25, 0.3) is 0 Å². The topological polar surface area (TPSA) is 55.8 Å². The first-order chi connectivity index (χ1) is 8.58. The van der Waals surface area contributed by atoms with Crippen LogP contribution in [0, 0.1) is 5.82 Å². The molecule has 4 nitrogen and oxygen atoms in total. The predicted octanol–water partition coefficient (Wildman–Crippen LogP) is 2.86. The van der Waals surface area contributed by atoms with E-state index in [1.165, 1.54) is 25.3 Å². The predicted molar refractivity (Wildman–Crippen MR) is 64.5 cm³/mol. The monoisotopic (exact) mass is 256 g/mol. The van der Waals surface area contributed by atoms with E-state index in [1.54, 1.807) is 0 Å². The first-order valence-corrected chi connectivity index (χ1v) is 5.81. The maximum absolute atomic E-state index is 13.2. The van der Waals surface area contributed by atoms with Gasteiger partial charge in [0.05, 0.1) is 7.11 Å². The fourth-order valence-corrected chi connectivity index (χ4v) is 1.50. The molecule has 1 aromatic rings. The Bertz CT molecular complexity index is 406. The summed E-state index contributed by atoms with van der Waals surface area (Å²) >= 11 is 0. The van der Waals surface area contributed by atoms with Gasteiger partial charge in [-0.3, -0.25) is 0 Å². The molecular formula is C13H17FO4. The minimum absolute atomic E-state index is 0.0344. The lowest BCUT2D eigenvalue weighted by molar-refractivity contribution is -0.145. The van der Waals surface area contributed by atoms with Crippen molar-refractivity contribution in [3.05, 3.63) is 24.0 Å². The number of halogens is 1. The van der Waals surface area contributed by atoms with E-state index in [1.807, 2.05) is 6.92 Å². The van der Waals surface area contributed by atoms with Crippen molar-refractivity contribution < 1.29 is 23.8 Å². The number of hydrogen-bond acceptors (Lipinski definition) is 3. The number of unbranched alkanes of at least 4 members (excludes halogenated alkanes) is 1. The molecule has 18 heavy (non-hydrogen) atoms. The van der Waals surface area contributed by atoms with Gasteiger partial charge in [0.2, 0.25) is 0 Å². The second kappa shape index (κ2) is 6.83. The van der Waals surface area contributed by atoms with Crippen molar-refractivity contribution in [3.63, 3.8) is 0 Å². The van der Waals surface area contributed by atoms with E-state index < -0.39 is 17.9 Å². The van der Waals surface area contributed by atoms with E-state index in [2.05, 4.69) is 0 Å². The molecule has 1 unspecified atom stereocenters. The summed E-state index contributed by atoms with van der Waals surface area (Å²) in [5.41, 5.74) is 0. The number of rotatable bonds is 7. The number of hydrogen-bond donors (Lipinski definition) is 1. The van der Waals surface area contributed by atoms with Crippen LogP contribution in [-0.4, -0.2) is 24.3 Å². The zero-order chi connectivity index (χ0) is 13.5. The molecule has 0 heterocycles. The quantitative estimate of drug-likeness (QED) is 0.815. The lowest BCUT2D eigenvalue weighted by atomic mass is 10.1. The molecular weight excluding hydrogens is 239 g/mol. The van der Waals surface area contributed by atoms with Crippen molar-refractivity contribution in [1.82, 2.24) is 0 Å². The Kier molecular flexibility index (Phi) is 5.42. The fourth-order valence-electron chi connectivity index (χ4n) is 1.50. The number of benzene rings is 1. The van der Waals surface area contributed by atoms with Gasteiger partial charge in [-0.15, -0.1) is 0 Å². The van der Waals surface area contributed by atoms with Crippen molar-refractivity contribution in [2.45, 2.75) is 32.3 Å². The number of aliphatic carboxylic acids is 1. The molecule has 1 aromatic carbocycles. The second-order valence-electron chi connectivity index (χ2n) is 3.88. The first kappa shape index (κ1) is 14.3. The van der Waals surface area contributed by atoms with Crippen LogP contribution >= 0.6 is 0 Å². The third-order valence-corrected chi connectivity index (χ3v) is 2.50. The average molecular weight is 256 g/mol. The van der Waals surface area contributed by atoms with Crippen LogP contribution in [0.5, 0.6) is 11.5 Å². The molecule has 0 bridgehead atoms. The van der Waals surface area contributed by atoms with Gasteiger partial charge in [-0.05, 0) is 25.0 Å². The highest BCUT2D eigenvalue weighted by Crippen LogP contribution is 2.24. The van der Waals surface area contributed by atoms with Gasteiger partial charge >= 0.3 is 5.97 Å². The lowest BCUT2D eigenvalue weighted by Crippen LogP contribution is -2.26. The maximum Gasteiger partial charge on any atom is 0.344 e. The molecule has 0 amide bonds. The molecule has 0 saturated heterocycles. The summed E-state index contributed by atoms with van der Waals surface area (Å²) in [5.74, 6) is -1.21. The van der Waals surface area contributed by atoms with Crippen molar-refractivity contribution in [2.75, 3.05) is 7.11 Å². The lowest BCUT2D eigenvalue weighted by Gasteiger charge is -2.15. The van der Waals surface area contributed by atoms with E-state index in [4.69, 9.17) is 14.6 Å². The van der Waals surface area contributed by atoms with E-state index in [0.717, 1.165) is 12.8 Å². The van der Waals surface area contributed by atoms with E-state index >= 15 is 0 Å². The summed E-state index contributed by atoms with van der Waals surface area (Å²) in [5, 5.41) is 9.01. The summed E-state index contributed by atoms with van der Waals surface area (Å²) in [6.07, 6.45) is 1.15. The smallest absolute Gasteiger partial charge is 0.344 e. The van der Waals surface area contributed by atoms with Gasteiger partial charge < -0.3 is 14.6 Å². The molecule has 0 fully saturated rings. The van der Waals surface area contributed by atoms with Crippen LogP contribution in [-0.2, 0) is 4.79 Å². The molecule has 0 aliphatic heterocycles. The summed E-state index contributed by atoms with van der Waals surface area (Å²) in [6.45, 7) is 1.97. The minimum atomic E-state index is -1.02.